The summed E-state index contributed by atoms with van der Waals surface area (Å²) in [5.41, 5.74) is 19.9. The second-order valence-electron chi connectivity index (χ2n) is 15.7. The molecule has 0 fully saturated rings. The van der Waals surface area contributed by atoms with E-state index in [1.165, 1.54) is 61.1 Å². The molecule has 0 saturated heterocycles. The summed E-state index contributed by atoms with van der Waals surface area (Å²) in [6.45, 7) is 4.45. The number of para-hydroxylation sites is 5. The van der Waals surface area contributed by atoms with E-state index >= 15 is 0 Å². The van der Waals surface area contributed by atoms with Gasteiger partial charge in [-0.05, 0) is 76.3 Å². The van der Waals surface area contributed by atoms with E-state index in [9.17, 15) is 0 Å². The molecule has 0 saturated carbocycles. The number of nitrogens with zero attached hydrogens (tertiary/aromatic N) is 2. The molecule has 0 amide bonds. The lowest BCUT2D eigenvalue weighted by Crippen LogP contribution is -2.61. The van der Waals surface area contributed by atoms with Gasteiger partial charge in [0.2, 0.25) is 0 Å². The highest BCUT2D eigenvalue weighted by molar-refractivity contribution is 7.00. The maximum Gasteiger partial charge on any atom is 0.252 e. The van der Waals surface area contributed by atoms with Crippen molar-refractivity contribution >= 4 is 57.2 Å². The SMILES string of the molecule is Cc1cccc(-c2ccccc2)c1N1c2ccccc2B2c3ccccc3N(c3c(C)cccc3-c3ccccc3)c3cc(Oc4ccccc4-c4ccccc4)cc1c32. The third-order valence-corrected chi connectivity index (χ3v) is 12.1. The molecule has 0 radical (unpaired) electrons. The van der Waals surface area contributed by atoms with Crippen LogP contribution in [0.4, 0.5) is 34.1 Å². The van der Waals surface area contributed by atoms with Crippen LogP contribution >= 0.6 is 0 Å². The van der Waals surface area contributed by atoms with Gasteiger partial charge < -0.3 is 14.5 Å². The molecule has 0 atom stereocenters. The smallest absolute Gasteiger partial charge is 0.252 e. The molecule has 0 unspecified atom stereocenters. The van der Waals surface area contributed by atoms with E-state index in [2.05, 4.69) is 236 Å². The van der Waals surface area contributed by atoms with Gasteiger partial charge in [0.1, 0.15) is 11.5 Å². The Morgan fingerprint density at radius 3 is 1.27 bits per heavy atom. The zero-order valence-electron chi connectivity index (χ0n) is 33.6. The minimum atomic E-state index is -0.0195. The fraction of sp³-hybridized carbons (Fsp3) is 0.0357. The summed E-state index contributed by atoms with van der Waals surface area (Å²) >= 11 is 0. The minimum Gasteiger partial charge on any atom is -0.457 e. The quantitative estimate of drug-likeness (QED) is 0.150. The molecule has 284 valence electrons. The summed E-state index contributed by atoms with van der Waals surface area (Å²) in [5.74, 6) is 1.57. The van der Waals surface area contributed by atoms with Crippen molar-refractivity contribution in [2.24, 2.45) is 0 Å². The van der Waals surface area contributed by atoms with Crippen LogP contribution in [0.2, 0.25) is 0 Å². The number of fused-ring (bicyclic) bond motifs is 4. The van der Waals surface area contributed by atoms with E-state index in [0.717, 1.165) is 45.4 Å². The maximum atomic E-state index is 7.21. The van der Waals surface area contributed by atoms with E-state index in [1.54, 1.807) is 0 Å². The van der Waals surface area contributed by atoms with Gasteiger partial charge in [0, 0.05) is 51.6 Å². The largest absolute Gasteiger partial charge is 0.457 e. The summed E-state index contributed by atoms with van der Waals surface area (Å²) in [7, 11) is 0. The van der Waals surface area contributed by atoms with Gasteiger partial charge in [-0.1, -0.05) is 182 Å². The third kappa shape index (κ3) is 5.83. The van der Waals surface area contributed by atoms with Crippen molar-refractivity contribution in [3.63, 3.8) is 0 Å². The molecule has 0 bridgehead atoms. The Balaban J connectivity index is 1.24. The highest BCUT2D eigenvalue weighted by Gasteiger charge is 2.44. The minimum absolute atomic E-state index is 0.0195. The van der Waals surface area contributed by atoms with Crippen LogP contribution in [-0.2, 0) is 0 Å². The van der Waals surface area contributed by atoms with Crippen LogP contribution in [0, 0.1) is 13.8 Å². The maximum absolute atomic E-state index is 7.21. The number of anilines is 6. The van der Waals surface area contributed by atoms with Crippen molar-refractivity contribution in [2.45, 2.75) is 13.8 Å². The summed E-state index contributed by atoms with van der Waals surface area (Å²) < 4.78 is 7.21. The Morgan fingerprint density at radius 2 is 0.767 bits per heavy atom. The van der Waals surface area contributed by atoms with E-state index in [-0.39, 0.29) is 6.71 Å². The Kier molecular flexibility index (Phi) is 8.71. The number of ether oxygens (including phenoxy) is 1. The Labute approximate surface area is 352 Å². The van der Waals surface area contributed by atoms with Gasteiger partial charge >= 0.3 is 0 Å². The van der Waals surface area contributed by atoms with Crippen LogP contribution in [-0.4, -0.2) is 6.71 Å². The first-order valence-electron chi connectivity index (χ1n) is 20.7. The van der Waals surface area contributed by atoms with Gasteiger partial charge in [-0.2, -0.15) is 0 Å². The average Bonchev–Trinajstić information content (AvgIpc) is 3.30. The molecule has 9 aromatic rings. The molecule has 0 aromatic heterocycles. The van der Waals surface area contributed by atoms with Crippen LogP contribution < -0.4 is 30.9 Å². The lowest BCUT2D eigenvalue weighted by Gasteiger charge is -2.45. The Morgan fingerprint density at radius 1 is 0.367 bits per heavy atom. The first-order chi connectivity index (χ1) is 29.6. The fourth-order valence-corrected chi connectivity index (χ4v) is 9.56. The topological polar surface area (TPSA) is 15.7 Å². The van der Waals surface area contributed by atoms with E-state index in [1.807, 2.05) is 0 Å². The number of hydrogen-bond acceptors (Lipinski definition) is 3. The van der Waals surface area contributed by atoms with Crippen LogP contribution in [0.15, 0.2) is 212 Å². The molecule has 2 aliphatic rings. The van der Waals surface area contributed by atoms with Crippen molar-refractivity contribution in [3.8, 4) is 44.9 Å². The molecule has 11 rings (SSSR count). The van der Waals surface area contributed by atoms with Crippen LogP contribution in [0.25, 0.3) is 33.4 Å². The van der Waals surface area contributed by atoms with Gasteiger partial charge in [0.25, 0.3) is 6.71 Å². The van der Waals surface area contributed by atoms with Gasteiger partial charge in [0.15, 0.2) is 0 Å². The van der Waals surface area contributed by atoms with Crippen molar-refractivity contribution in [2.75, 3.05) is 9.80 Å². The van der Waals surface area contributed by atoms with Crippen LogP contribution in [0.3, 0.4) is 0 Å². The molecule has 0 aliphatic carbocycles. The van der Waals surface area contributed by atoms with Crippen molar-refractivity contribution in [1.82, 2.24) is 0 Å². The summed E-state index contributed by atoms with van der Waals surface area (Å²) in [4.78, 5) is 5.03. The molecule has 4 heteroatoms. The van der Waals surface area contributed by atoms with Crippen molar-refractivity contribution in [1.29, 1.82) is 0 Å². The second-order valence-corrected chi connectivity index (χ2v) is 15.7. The van der Waals surface area contributed by atoms with Crippen molar-refractivity contribution < 1.29 is 4.74 Å². The number of aryl methyl sites for hydroxylation is 2. The molecule has 3 nitrogen and oxygen atoms in total. The zero-order valence-corrected chi connectivity index (χ0v) is 33.6. The summed E-state index contributed by atoms with van der Waals surface area (Å²) in [6.07, 6.45) is 0. The summed E-state index contributed by atoms with van der Waals surface area (Å²) in [5, 5.41) is 0. The number of benzene rings is 9. The monoisotopic (exact) mass is 768 g/mol. The Hall–Kier alpha value is -7.56. The molecule has 0 N–H and O–H groups in total. The number of hydrogen-bond donors (Lipinski definition) is 0. The molecular weight excluding hydrogens is 727 g/mol. The zero-order chi connectivity index (χ0) is 40.2. The molecular formula is C56H41BN2O. The van der Waals surface area contributed by atoms with Gasteiger partial charge in [-0.3, -0.25) is 0 Å². The lowest BCUT2D eigenvalue weighted by molar-refractivity contribution is 0.485. The third-order valence-electron chi connectivity index (χ3n) is 12.1. The fourth-order valence-electron chi connectivity index (χ4n) is 9.56. The first kappa shape index (κ1) is 35.6. The molecule has 2 aliphatic heterocycles. The predicted molar refractivity (Wildman–Crippen MR) is 253 cm³/mol. The Bertz CT molecular complexity index is 2890. The molecule has 9 aromatic carbocycles. The first-order valence-corrected chi connectivity index (χ1v) is 20.7. The second kappa shape index (κ2) is 14.7. The van der Waals surface area contributed by atoms with Crippen LogP contribution in [0.5, 0.6) is 11.5 Å². The number of rotatable bonds is 7. The van der Waals surface area contributed by atoms with Crippen molar-refractivity contribution in [3.05, 3.63) is 223 Å². The highest BCUT2D eigenvalue weighted by Crippen LogP contribution is 2.51. The average molecular weight is 769 g/mol. The predicted octanol–water partition coefficient (Wildman–Crippen LogP) is 13.2. The molecule has 0 spiro atoms. The molecule has 60 heavy (non-hydrogen) atoms. The van der Waals surface area contributed by atoms with Gasteiger partial charge in [0.05, 0.1) is 11.4 Å². The van der Waals surface area contributed by atoms with E-state index < -0.39 is 0 Å². The summed E-state index contributed by atoms with van der Waals surface area (Å²) in [6, 6.07) is 76.3. The normalized spacial score (nSPS) is 12.4. The van der Waals surface area contributed by atoms with Gasteiger partial charge in [-0.25, -0.2) is 0 Å². The lowest BCUT2D eigenvalue weighted by atomic mass is 9.33. The van der Waals surface area contributed by atoms with Gasteiger partial charge in [-0.15, -0.1) is 0 Å². The molecule has 2 heterocycles. The van der Waals surface area contributed by atoms with E-state index in [0.29, 0.717) is 0 Å². The highest BCUT2D eigenvalue weighted by atomic mass is 16.5. The standard InChI is InChI=1S/C56H41BN2O/c1-38-20-18-29-45(41-24-8-4-9-25-41)55(38)58-49-33-15-13-31-47(49)57-48-32-14-16-34-50(48)59(56-39(2)21-19-30-46(56)42-26-10-5-11-27-42)52-37-43(36-51(58)54(52)57)60-53-35-17-12-28-44(53)40-22-6-3-7-23-40/h3-37H,1-2H3. The van der Waals surface area contributed by atoms with E-state index in [4.69, 9.17) is 4.74 Å². The van der Waals surface area contributed by atoms with Crippen LogP contribution in [0.1, 0.15) is 11.1 Å².